The van der Waals surface area contributed by atoms with Crippen LogP contribution in [0.5, 0.6) is 5.75 Å². The molecule has 1 aliphatic rings. The third-order valence-corrected chi connectivity index (χ3v) is 6.21. The number of fused-ring (bicyclic) bond motifs is 1. The number of carbonyl (C=O) groups is 1. The van der Waals surface area contributed by atoms with Crippen molar-refractivity contribution in [3.8, 4) is 18.1 Å². The summed E-state index contributed by atoms with van der Waals surface area (Å²) in [5.74, 6) is 3.59. The molecule has 8 heteroatoms. The maximum absolute atomic E-state index is 12.8. The molecule has 2 N–H and O–H groups in total. The maximum Gasteiger partial charge on any atom is 0.248 e. The zero-order valence-electron chi connectivity index (χ0n) is 21.6. The monoisotopic (exact) mass is 499 g/mol. The number of hydrogen-bond acceptors (Lipinski definition) is 7. The summed E-state index contributed by atoms with van der Waals surface area (Å²) < 4.78 is 11.7. The first-order valence-electron chi connectivity index (χ1n) is 12.6. The number of benzene rings is 2. The fourth-order valence-electron chi connectivity index (χ4n) is 4.20. The van der Waals surface area contributed by atoms with Gasteiger partial charge < -0.3 is 25.0 Å². The van der Waals surface area contributed by atoms with E-state index in [1.807, 2.05) is 43.3 Å². The van der Waals surface area contributed by atoms with Crippen molar-refractivity contribution in [2.45, 2.75) is 33.3 Å². The van der Waals surface area contributed by atoms with E-state index in [2.05, 4.69) is 45.3 Å². The standard InChI is InChI=1S/C29H33N5O3/c1-5-21-13-20(4)14-22(15-21)32-29-24-16-26(33-28(35)9-8-11-34(6-2)7-3)27(17-25(24)30-19-31-29)37-23-10-12-36-18-23/h1,8-9,13-17,19,23H,6-7,10-12,18H2,2-4H3,(H,33,35)(H,30,31,32)/t23-/m0/s1. The van der Waals surface area contributed by atoms with Gasteiger partial charge in [0, 0.05) is 41.7 Å². The van der Waals surface area contributed by atoms with Crippen LogP contribution in [0.4, 0.5) is 17.2 Å². The van der Waals surface area contributed by atoms with Gasteiger partial charge in [0.15, 0.2) is 0 Å². The van der Waals surface area contributed by atoms with Gasteiger partial charge in [-0.1, -0.05) is 25.8 Å². The van der Waals surface area contributed by atoms with Crippen LogP contribution in [0.1, 0.15) is 31.4 Å². The van der Waals surface area contributed by atoms with Crippen LogP contribution in [0.3, 0.4) is 0 Å². The highest BCUT2D eigenvalue weighted by Crippen LogP contribution is 2.35. The molecule has 0 bridgehead atoms. The molecule has 37 heavy (non-hydrogen) atoms. The van der Waals surface area contributed by atoms with Crippen molar-refractivity contribution in [3.05, 3.63) is 59.9 Å². The van der Waals surface area contributed by atoms with Gasteiger partial charge in [0.1, 0.15) is 24.0 Å². The smallest absolute Gasteiger partial charge is 0.248 e. The number of carbonyl (C=O) groups excluding carboxylic acids is 1. The number of amides is 1. The normalized spacial score (nSPS) is 15.3. The van der Waals surface area contributed by atoms with Crippen LogP contribution in [0.25, 0.3) is 10.9 Å². The van der Waals surface area contributed by atoms with Crippen LogP contribution in [-0.4, -0.2) is 59.7 Å². The number of aromatic nitrogens is 2. The molecule has 3 aromatic rings. The van der Waals surface area contributed by atoms with E-state index in [-0.39, 0.29) is 12.0 Å². The molecule has 1 aliphatic heterocycles. The highest BCUT2D eigenvalue weighted by molar-refractivity contribution is 6.03. The number of ether oxygens (including phenoxy) is 2. The summed E-state index contributed by atoms with van der Waals surface area (Å²) in [5.41, 5.74) is 3.87. The molecule has 0 aliphatic carbocycles. The van der Waals surface area contributed by atoms with Gasteiger partial charge in [-0.3, -0.25) is 4.79 Å². The first-order valence-corrected chi connectivity index (χ1v) is 12.6. The Kier molecular flexibility index (Phi) is 8.72. The van der Waals surface area contributed by atoms with Gasteiger partial charge in [-0.15, -0.1) is 6.42 Å². The van der Waals surface area contributed by atoms with Gasteiger partial charge in [-0.05, 0) is 49.8 Å². The third-order valence-electron chi connectivity index (χ3n) is 6.21. The van der Waals surface area contributed by atoms with E-state index in [1.54, 1.807) is 6.08 Å². The van der Waals surface area contributed by atoms with Gasteiger partial charge >= 0.3 is 0 Å². The quantitative estimate of drug-likeness (QED) is 0.310. The van der Waals surface area contributed by atoms with Gasteiger partial charge in [-0.2, -0.15) is 0 Å². The molecule has 192 valence electrons. The molecule has 1 atom stereocenters. The predicted octanol–water partition coefficient (Wildman–Crippen LogP) is 4.67. The number of hydrogen-bond donors (Lipinski definition) is 2. The second kappa shape index (κ2) is 12.3. The number of aryl methyl sites for hydroxylation is 1. The molecule has 1 aromatic heterocycles. The number of nitrogens with zero attached hydrogens (tertiary/aromatic N) is 3. The van der Waals surface area contributed by atoms with Gasteiger partial charge in [0.05, 0.1) is 24.4 Å². The van der Waals surface area contributed by atoms with Crippen LogP contribution >= 0.6 is 0 Å². The van der Waals surface area contributed by atoms with Crippen molar-refractivity contribution >= 4 is 34.0 Å². The maximum atomic E-state index is 12.8. The van der Waals surface area contributed by atoms with Gasteiger partial charge in [0.25, 0.3) is 0 Å². The third kappa shape index (κ3) is 6.85. The molecular weight excluding hydrogens is 466 g/mol. The van der Waals surface area contributed by atoms with Crippen molar-refractivity contribution in [2.24, 2.45) is 0 Å². The van der Waals surface area contributed by atoms with E-state index in [0.717, 1.165) is 41.7 Å². The van der Waals surface area contributed by atoms with Crippen LogP contribution in [0, 0.1) is 19.3 Å². The highest BCUT2D eigenvalue weighted by atomic mass is 16.5. The minimum atomic E-state index is -0.234. The van der Waals surface area contributed by atoms with Crippen molar-refractivity contribution in [3.63, 3.8) is 0 Å². The molecule has 1 saturated heterocycles. The minimum absolute atomic E-state index is 0.0831. The summed E-state index contributed by atoms with van der Waals surface area (Å²) in [6, 6.07) is 9.51. The summed E-state index contributed by atoms with van der Waals surface area (Å²) in [6.45, 7) is 9.90. The molecule has 2 heterocycles. The SMILES string of the molecule is C#Cc1cc(C)cc(Nc2ncnc3cc(O[C@H]4CCOC4)c(NC(=O)C=CCN(CC)CC)cc23)c1. The summed E-state index contributed by atoms with van der Waals surface area (Å²) in [7, 11) is 0. The Morgan fingerprint density at radius 1 is 1.24 bits per heavy atom. The van der Waals surface area contributed by atoms with E-state index >= 15 is 0 Å². The molecule has 0 spiro atoms. The molecule has 0 unspecified atom stereocenters. The lowest BCUT2D eigenvalue weighted by Gasteiger charge is -2.18. The molecule has 2 aromatic carbocycles. The lowest BCUT2D eigenvalue weighted by molar-refractivity contribution is -0.111. The Balaban J connectivity index is 1.66. The number of anilines is 3. The van der Waals surface area contributed by atoms with Gasteiger partial charge in [-0.25, -0.2) is 9.97 Å². The lowest BCUT2D eigenvalue weighted by Crippen LogP contribution is -2.23. The lowest BCUT2D eigenvalue weighted by atomic mass is 10.1. The Labute approximate surface area is 218 Å². The Morgan fingerprint density at radius 2 is 2.08 bits per heavy atom. The highest BCUT2D eigenvalue weighted by Gasteiger charge is 2.20. The topological polar surface area (TPSA) is 88.6 Å². The summed E-state index contributed by atoms with van der Waals surface area (Å²) in [5, 5.41) is 7.08. The Hall–Kier alpha value is -3.93. The van der Waals surface area contributed by atoms with Crippen molar-refractivity contribution in [2.75, 3.05) is 43.5 Å². The van der Waals surface area contributed by atoms with Crippen LogP contribution in [0.2, 0.25) is 0 Å². The molecule has 0 saturated carbocycles. The van der Waals surface area contributed by atoms with E-state index < -0.39 is 0 Å². The Bertz CT molecular complexity index is 1320. The van der Waals surface area contributed by atoms with E-state index in [0.29, 0.717) is 42.5 Å². The van der Waals surface area contributed by atoms with Crippen molar-refractivity contribution in [1.29, 1.82) is 0 Å². The summed E-state index contributed by atoms with van der Waals surface area (Å²) in [4.78, 5) is 24.0. The molecule has 4 rings (SSSR count). The summed E-state index contributed by atoms with van der Waals surface area (Å²) in [6.07, 6.45) is 11.2. The number of rotatable bonds is 10. The first kappa shape index (κ1) is 26.1. The average molecular weight is 500 g/mol. The van der Waals surface area contributed by atoms with Crippen LogP contribution in [0.15, 0.2) is 48.8 Å². The van der Waals surface area contributed by atoms with E-state index in [4.69, 9.17) is 15.9 Å². The van der Waals surface area contributed by atoms with Crippen LogP contribution < -0.4 is 15.4 Å². The van der Waals surface area contributed by atoms with Gasteiger partial charge in [0.2, 0.25) is 5.91 Å². The predicted molar refractivity (Wildman–Crippen MR) is 147 cm³/mol. The second-order valence-corrected chi connectivity index (χ2v) is 8.93. The number of likely N-dealkylation sites (N-methyl/N-ethyl adjacent to an activating group) is 1. The second-order valence-electron chi connectivity index (χ2n) is 8.93. The Morgan fingerprint density at radius 3 is 2.81 bits per heavy atom. The van der Waals surface area contributed by atoms with Crippen molar-refractivity contribution in [1.82, 2.24) is 14.9 Å². The first-order chi connectivity index (χ1) is 18.0. The fourth-order valence-corrected chi connectivity index (χ4v) is 4.20. The molecule has 8 nitrogen and oxygen atoms in total. The van der Waals surface area contributed by atoms with E-state index in [9.17, 15) is 4.79 Å². The number of nitrogens with one attached hydrogen (secondary N) is 2. The molecular formula is C29H33N5O3. The fraction of sp³-hybridized carbons (Fsp3) is 0.345. The molecule has 1 fully saturated rings. The van der Waals surface area contributed by atoms with Crippen LogP contribution in [-0.2, 0) is 9.53 Å². The average Bonchev–Trinajstić information content (AvgIpc) is 3.40. The molecule has 1 amide bonds. The zero-order valence-corrected chi connectivity index (χ0v) is 21.6. The largest absolute Gasteiger partial charge is 0.486 e. The zero-order chi connectivity index (χ0) is 26.2. The van der Waals surface area contributed by atoms with E-state index in [1.165, 1.54) is 6.33 Å². The molecule has 0 radical (unpaired) electrons. The minimum Gasteiger partial charge on any atom is -0.486 e. The summed E-state index contributed by atoms with van der Waals surface area (Å²) >= 11 is 0. The number of terminal acetylenes is 1. The van der Waals surface area contributed by atoms with Crippen molar-refractivity contribution < 1.29 is 14.3 Å².